The van der Waals surface area contributed by atoms with Gasteiger partial charge in [-0.15, -0.1) is 0 Å². The van der Waals surface area contributed by atoms with Crippen molar-refractivity contribution in [1.82, 2.24) is 14.8 Å². The molecule has 0 fully saturated rings. The molecule has 0 radical (unpaired) electrons. The van der Waals surface area contributed by atoms with Crippen LogP contribution in [0.1, 0.15) is 57.4 Å². The van der Waals surface area contributed by atoms with Crippen molar-refractivity contribution in [2.45, 2.75) is 39.5 Å². The lowest BCUT2D eigenvalue weighted by Gasteiger charge is -2.37. The number of carbonyl (C=O) groups is 2. The molecule has 1 atom stereocenters. The van der Waals surface area contributed by atoms with Crippen molar-refractivity contribution in [2.24, 2.45) is 0 Å². The van der Waals surface area contributed by atoms with Crippen molar-refractivity contribution < 1.29 is 23.2 Å². The van der Waals surface area contributed by atoms with E-state index in [0.717, 1.165) is 17.5 Å². The number of amides is 2. The number of aromatic nitrogens is 1. The maximum atomic E-state index is 12.7. The largest absolute Gasteiger partial charge is 0.484 e. The van der Waals surface area contributed by atoms with Crippen molar-refractivity contribution in [3.05, 3.63) is 107 Å². The molecule has 37 heavy (non-hydrogen) atoms. The van der Waals surface area contributed by atoms with Crippen LogP contribution in [0.2, 0.25) is 0 Å². The SMILES string of the molecule is CC(=O)N1CCc2ccc(OCc3nc(C(=O)N(C)Cc4ccco4)co3)cc2C1c1ccc(C)cc1. The Kier molecular flexibility index (Phi) is 6.81. The molecule has 0 saturated heterocycles. The molecule has 1 aliphatic heterocycles. The molecule has 0 saturated carbocycles. The molecule has 2 aromatic heterocycles. The molecule has 5 rings (SSSR count). The van der Waals surface area contributed by atoms with Crippen molar-refractivity contribution >= 4 is 11.8 Å². The number of carbonyl (C=O) groups excluding carboxylic acids is 2. The predicted octanol–water partition coefficient (Wildman–Crippen LogP) is 4.92. The van der Waals surface area contributed by atoms with Gasteiger partial charge in [0.1, 0.15) is 17.8 Å². The monoisotopic (exact) mass is 499 g/mol. The molecule has 190 valence electrons. The number of aryl methyl sites for hydroxylation is 1. The Labute approximate surface area is 215 Å². The lowest BCUT2D eigenvalue weighted by molar-refractivity contribution is -0.130. The molecule has 1 unspecified atom stereocenters. The average Bonchev–Trinajstić information content (AvgIpc) is 3.59. The second-order valence-corrected chi connectivity index (χ2v) is 9.29. The summed E-state index contributed by atoms with van der Waals surface area (Å²) >= 11 is 0. The second-order valence-electron chi connectivity index (χ2n) is 9.29. The van der Waals surface area contributed by atoms with Gasteiger partial charge in [-0.1, -0.05) is 35.9 Å². The van der Waals surface area contributed by atoms with Crippen LogP contribution >= 0.6 is 0 Å². The number of hydrogen-bond donors (Lipinski definition) is 0. The summed E-state index contributed by atoms with van der Waals surface area (Å²) < 4.78 is 16.8. The minimum atomic E-state index is -0.273. The maximum absolute atomic E-state index is 12.7. The number of ether oxygens (including phenoxy) is 1. The molecule has 2 amide bonds. The zero-order chi connectivity index (χ0) is 25.9. The molecule has 3 heterocycles. The van der Waals surface area contributed by atoms with Crippen molar-refractivity contribution in [3.8, 4) is 5.75 Å². The van der Waals surface area contributed by atoms with E-state index in [4.69, 9.17) is 13.6 Å². The van der Waals surface area contributed by atoms with Crippen LogP contribution in [0.3, 0.4) is 0 Å². The van der Waals surface area contributed by atoms with E-state index >= 15 is 0 Å². The Balaban J connectivity index is 1.31. The van der Waals surface area contributed by atoms with Crippen LogP contribution in [0.25, 0.3) is 0 Å². The van der Waals surface area contributed by atoms with Crippen molar-refractivity contribution in [3.63, 3.8) is 0 Å². The van der Waals surface area contributed by atoms with Gasteiger partial charge in [0.2, 0.25) is 11.8 Å². The number of hydrogen-bond acceptors (Lipinski definition) is 6. The molecule has 2 aromatic carbocycles. The van der Waals surface area contributed by atoms with Crippen LogP contribution in [0.5, 0.6) is 5.75 Å². The topological polar surface area (TPSA) is 89.0 Å². The average molecular weight is 500 g/mol. The van der Waals surface area contributed by atoms with E-state index in [0.29, 0.717) is 30.5 Å². The van der Waals surface area contributed by atoms with Crippen LogP contribution in [0, 0.1) is 6.92 Å². The summed E-state index contributed by atoms with van der Waals surface area (Å²) in [4.78, 5) is 32.9. The first kappa shape index (κ1) is 24.4. The Morgan fingerprint density at radius 1 is 1.14 bits per heavy atom. The van der Waals surface area contributed by atoms with E-state index in [1.54, 1.807) is 26.3 Å². The third kappa shape index (κ3) is 5.28. The summed E-state index contributed by atoms with van der Waals surface area (Å²) in [6, 6.07) is 17.6. The van der Waals surface area contributed by atoms with Gasteiger partial charge in [-0.3, -0.25) is 9.59 Å². The van der Waals surface area contributed by atoms with Crippen LogP contribution < -0.4 is 4.74 Å². The summed E-state index contributed by atoms with van der Waals surface area (Å²) in [5.74, 6) is 1.39. The summed E-state index contributed by atoms with van der Waals surface area (Å²) in [6.45, 7) is 4.73. The van der Waals surface area contributed by atoms with E-state index in [9.17, 15) is 9.59 Å². The number of nitrogens with zero attached hydrogens (tertiary/aromatic N) is 3. The van der Waals surface area contributed by atoms with E-state index in [1.165, 1.54) is 22.3 Å². The van der Waals surface area contributed by atoms with Gasteiger partial charge in [-0.25, -0.2) is 4.98 Å². The number of fused-ring (bicyclic) bond motifs is 1. The fraction of sp³-hybridized carbons (Fsp3) is 0.276. The van der Waals surface area contributed by atoms with Gasteiger partial charge in [-0.05, 0) is 54.3 Å². The third-order valence-electron chi connectivity index (χ3n) is 6.60. The van der Waals surface area contributed by atoms with Crippen LogP contribution in [0.15, 0.2) is 76.0 Å². The number of rotatable bonds is 7. The molecule has 4 aromatic rings. The fourth-order valence-electron chi connectivity index (χ4n) is 4.65. The summed E-state index contributed by atoms with van der Waals surface area (Å²) in [6.07, 6.45) is 3.69. The van der Waals surface area contributed by atoms with Gasteiger partial charge in [0.05, 0.1) is 18.8 Å². The highest BCUT2D eigenvalue weighted by Crippen LogP contribution is 2.37. The molecule has 8 nitrogen and oxygen atoms in total. The van der Waals surface area contributed by atoms with Crippen LogP contribution in [0.4, 0.5) is 0 Å². The van der Waals surface area contributed by atoms with Crippen LogP contribution in [-0.2, 0) is 24.4 Å². The third-order valence-corrected chi connectivity index (χ3v) is 6.60. The standard InChI is InChI=1S/C29H29N3O5/c1-19-6-8-22(9-7-19)28-25-15-23(11-10-21(25)12-13-32(28)20(2)33)36-18-27-30-26(17-37-27)29(34)31(3)16-24-5-4-14-35-24/h4-11,14-15,17,28H,12-13,16,18H2,1-3H3. The van der Waals surface area contributed by atoms with Crippen LogP contribution in [-0.4, -0.2) is 40.2 Å². The molecule has 0 bridgehead atoms. The molecular weight excluding hydrogens is 470 g/mol. The molecule has 0 N–H and O–H groups in total. The van der Waals surface area contributed by atoms with Crippen molar-refractivity contribution in [1.29, 1.82) is 0 Å². The number of oxazole rings is 1. The van der Waals surface area contributed by atoms with Gasteiger partial charge in [-0.2, -0.15) is 0 Å². The molecule has 1 aliphatic rings. The van der Waals surface area contributed by atoms with Gasteiger partial charge >= 0.3 is 0 Å². The van der Waals surface area contributed by atoms with E-state index in [-0.39, 0.29) is 30.2 Å². The Morgan fingerprint density at radius 3 is 2.68 bits per heavy atom. The molecule has 0 aliphatic carbocycles. The Hall–Kier alpha value is -4.33. The Morgan fingerprint density at radius 2 is 1.95 bits per heavy atom. The minimum Gasteiger partial charge on any atom is -0.484 e. The van der Waals surface area contributed by atoms with E-state index in [1.807, 2.05) is 30.0 Å². The first-order valence-corrected chi connectivity index (χ1v) is 12.2. The normalized spacial score (nSPS) is 14.8. The second kappa shape index (κ2) is 10.3. The number of furan rings is 1. The fourth-order valence-corrected chi connectivity index (χ4v) is 4.65. The lowest BCUT2D eigenvalue weighted by Crippen LogP contribution is -2.39. The zero-order valence-corrected chi connectivity index (χ0v) is 21.1. The summed E-state index contributed by atoms with van der Waals surface area (Å²) in [7, 11) is 1.68. The lowest BCUT2D eigenvalue weighted by atomic mass is 9.87. The van der Waals surface area contributed by atoms with Gasteiger partial charge in [0.15, 0.2) is 12.3 Å². The van der Waals surface area contributed by atoms with Crippen molar-refractivity contribution in [2.75, 3.05) is 13.6 Å². The summed E-state index contributed by atoms with van der Waals surface area (Å²) in [5.41, 5.74) is 4.68. The minimum absolute atomic E-state index is 0.0385. The van der Waals surface area contributed by atoms with Gasteiger partial charge in [0, 0.05) is 20.5 Å². The predicted molar refractivity (Wildman–Crippen MR) is 136 cm³/mol. The highest BCUT2D eigenvalue weighted by atomic mass is 16.5. The van der Waals surface area contributed by atoms with Gasteiger partial charge in [0.25, 0.3) is 5.91 Å². The Bertz CT molecular complexity index is 1390. The molecule has 8 heteroatoms. The smallest absolute Gasteiger partial charge is 0.275 e. The summed E-state index contributed by atoms with van der Waals surface area (Å²) in [5, 5.41) is 0. The highest BCUT2D eigenvalue weighted by molar-refractivity contribution is 5.91. The highest BCUT2D eigenvalue weighted by Gasteiger charge is 2.31. The number of benzene rings is 2. The van der Waals surface area contributed by atoms with E-state index < -0.39 is 0 Å². The molecule has 0 spiro atoms. The first-order chi connectivity index (χ1) is 17.9. The zero-order valence-electron chi connectivity index (χ0n) is 21.1. The van der Waals surface area contributed by atoms with Gasteiger partial charge < -0.3 is 23.4 Å². The van der Waals surface area contributed by atoms with E-state index in [2.05, 4.69) is 35.3 Å². The quantitative estimate of drug-likeness (QED) is 0.359. The molecular formula is C29H29N3O5. The maximum Gasteiger partial charge on any atom is 0.275 e. The first-order valence-electron chi connectivity index (χ1n) is 12.2.